The van der Waals surface area contributed by atoms with Crippen LogP contribution in [0.15, 0.2) is 30.3 Å². The molecule has 0 aliphatic carbocycles. The van der Waals surface area contributed by atoms with E-state index >= 15 is 0 Å². The Morgan fingerprint density at radius 3 is 2.53 bits per heavy atom. The highest BCUT2D eigenvalue weighted by molar-refractivity contribution is 5.13. The van der Waals surface area contributed by atoms with Gasteiger partial charge in [0.2, 0.25) is 0 Å². The highest BCUT2D eigenvalue weighted by Gasteiger charge is 2.03. The first-order chi connectivity index (χ1) is 7.36. The predicted octanol–water partition coefficient (Wildman–Crippen LogP) is 2.59. The van der Waals surface area contributed by atoms with E-state index < -0.39 is 0 Å². The van der Waals surface area contributed by atoms with E-state index in [1.165, 1.54) is 5.56 Å². The monoisotopic (exact) mass is 207 g/mol. The van der Waals surface area contributed by atoms with Crippen molar-refractivity contribution < 1.29 is 4.74 Å². The summed E-state index contributed by atoms with van der Waals surface area (Å²) in [6.45, 7) is 6.81. The first kappa shape index (κ1) is 12.2. The molecular formula is C13H21NO. The third-order valence-electron chi connectivity index (χ3n) is 2.42. The molecule has 1 N–H and O–H groups in total. The van der Waals surface area contributed by atoms with Crippen LogP contribution in [-0.4, -0.2) is 19.2 Å². The van der Waals surface area contributed by atoms with Gasteiger partial charge in [-0.3, -0.25) is 0 Å². The van der Waals surface area contributed by atoms with Crippen LogP contribution in [-0.2, 0) is 11.3 Å². The molecule has 1 atom stereocenters. The lowest BCUT2D eigenvalue weighted by molar-refractivity contribution is 0.0980. The molecular weight excluding hydrogens is 186 g/mol. The summed E-state index contributed by atoms with van der Waals surface area (Å²) in [5, 5.41) is 3.39. The van der Waals surface area contributed by atoms with E-state index in [9.17, 15) is 0 Å². The molecule has 1 unspecified atom stereocenters. The Morgan fingerprint density at radius 1 is 1.20 bits per heavy atom. The van der Waals surface area contributed by atoms with Gasteiger partial charge >= 0.3 is 0 Å². The fourth-order valence-corrected chi connectivity index (χ4v) is 1.50. The summed E-state index contributed by atoms with van der Waals surface area (Å²) in [5.41, 5.74) is 1.24. The number of hydrogen-bond donors (Lipinski definition) is 1. The van der Waals surface area contributed by atoms with Crippen molar-refractivity contribution >= 4 is 0 Å². The van der Waals surface area contributed by atoms with Gasteiger partial charge in [0.05, 0.1) is 13.2 Å². The van der Waals surface area contributed by atoms with Gasteiger partial charge in [-0.05, 0) is 18.5 Å². The lowest BCUT2D eigenvalue weighted by Gasteiger charge is -2.15. The minimum Gasteiger partial charge on any atom is -0.375 e. The number of nitrogens with one attached hydrogen (secondary N) is 1. The van der Waals surface area contributed by atoms with Crippen molar-refractivity contribution in [2.45, 2.75) is 32.9 Å². The van der Waals surface area contributed by atoms with Gasteiger partial charge in [-0.1, -0.05) is 44.2 Å². The quantitative estimate of drug-likeness (QED) is 0.742. The zero-order valence-corrected chi connectivity index (χ0v) is 9.70. The Balaban J connectivity index is 2.20. The van der Waals surface area contributed by atoms with Crippen LogP contribution in [0.3, 0.4) is 0 Å². The molecule has 0 aliphatic heterocycles. The first-order valence-corrected chi connectivity index (χ1v) is 5.71. The van der Waals surface area contributed by atoms with E-state index in [2.05, 4.69) is 31.3 Å². The van der Waals surface area contributed by atoms with Gasteiger partial charge < -0.3 is 10.1 Å². The van der Waals surface area contributed by atoms with Gasteiger partial charge in [0.1, 0.15) is 0 Å². The van der Waals surface area contributed by atoms with Gasteiger partial charge in [0.25, 0.3) is 0 Å². The number of benzene rings is 1. The topological polar surface area (TPSA) is 21.3 Å². The lowest BCUT2D eigenvalue weighted by Crippen LogP contribution is -2.32. The molecule has 0 saturated carbocycles. The molecule has 1 aromatic rings. The zero-order chi connectivity index (χ0) is 10.9. The number of ether oxygens (including phenoxy) is 1. The smallest absolute Gasteiger partial charge is 0.0717 e. The van der Waals surface area contributed by atoms with E-state index in [0.29, 0.717) is 12.6 Å². The highest BCUT2D eigenvalue weighted by atomic mass is 16.5. The van der Waals surface area contributed by atoms with Crippen LogP contribution < -0.4 is 5.32 Å². The van der Waals surface area contributed by atoms with Crippen LogP contribution in [0.4, 0.5) is 0 Å². The Kier molecular flexibility index (Phi) is 6.05. The second kappa shape index (κ2) is 7.43. The summed E-state index contributed by atoms with van der Waals surface area (Å²) in [6.07, 6.45) is 1.11. The van der Waals surface area contributed by atoms with Crippen LogP contribution in [0.25, 0.3) is 0 Å². The SMILES string of the molecule is CCNC(CC)COCc1ccccc1. The van der Waals surface area contributed by atoms with Gasteiger partial charge in [-0.15, -0.1) is 0 Å². The molecule has 15 heavy (non-hydrogen) atoms. The Morgan fingerprint density at radius 2 is 1.93 bits per heavy atom. The second-order valence-corrected chi connectivity index (χ2v) is 3.66. The summed E-state index contributed by atoms with van der Waals surface area (Å²) in [7, 11) is 0. The maximum atomic E-state index is 5.66. The molecule has 1 aromatic carbocycles. The van der Waals surface area contributed by atoms with E-state index in [1.807, 2.05) is 18.2 Å². The van der Waals surface area contributed by atoms with Crippen molar-refractivity contribution in [2.24, 2.45) is 0 Å². The number of hydrogen-bond acceptors (Lipinski definition) is 2. The standard InChI is InChI=1S/C13H21NO/c1-3-13(14-4-2)11-15-10-12-8-6-5-7-9-12/h5-9,13-14H,3-4,10-11H2,1-2H3. The van der Waals surface area contributed by atoms with Gasteiger partial charge in [0, 0.05) is 6.04 Å². The molecule has 0 heterocycles. The van der Waals surface area contributed by atoms with Crippen molar-refractivity contribution in [3.05, 3.63) is 35.9 Å². The Bertz CT molecular complexity index is 248. The van der Waals surface area contributed by atoms with Crippen LogP contribution >= 0.6 is 0 Å². The van der Waals surface area contributed by atoms with Crippen LogP contribution in [0, 0.1) is 0 Å². The highest BCUT2D eigenvalue weighted by Crippen LogP contribution is 2.01. The third-order valence-corrected chi connectivity index (χ3v) is 2.42. The van der Waals surface area contributed by atoms with Gasteiger partial charge in [-0.25, -0.2) is 0 Å². The molecule has 2 heteroatoms. The van der Waals surface area contributed by atoms with Crippen molar-refractivity contribution in [1.29, 1.82) is 0 Å². The molecule has 0 saturated heterocycles. The maximum absolute atomic E-state index is 5.66. The molecule has 0 radical (unpaired) electrons. The number of rotatable bonds is 7. The maximum Gasteiger partial charge on any atom is 0.0717 e. The summed E-state index contributed by atoms with van der Waals surface area (Å²) >= 11 is 0. The summed E-state index contributed by atoms with van der Waals surface area (Å²) in [6, 6.07) is 10.8. The summed E-state index contributed by atoms with van der Waals surface area (Å²) < 4.78 is 5.66. The molecule has 2 nitrogen and oxygen atoms in total. The van der Waals surface area contributed by atoms with E-state index in [4.69, 9.17) is 4.74 Å². The molecule has 0 fully saturated rings. The molecule has 0 bridgehead atoms. The molecule has 1 rings (SSSR count). The van der Waals surface area contributed by atoms with E-state index in [-0.39, 0.29) is 0 Å². The minimum atomic E-state index is 0.485. The summed E-state index contributed by atoms with van der Waals surface area (Å²) in [5.74, 6) is 0. The van der Waals surface area contributed by atoms with Crippen molar-refractivity contribution in [1.82, 2.24) is 5.32 Å². The predicted molar refractivity (Wildman–Crippen MR) is 63.9 cm³/mol. The molecule has 84 valence electrons. The number of likely N-dealkylation sites (N-methyl/N-ethyl adjacent to an activating group) is 1. The lowest BCUT2D eigenvalue weighted by atomic mass is 10.2. The fourth-order valence-electron chi connectivity index (χ4n) is 1.50. The van der Waals surface area contributed by atoms with Gasteiger partial charge in [0.15, 0.2) is 0 Å². The average Bonchev–Trinajstić information content (AvgIpc) is 2.29. The van der Waals surface area contributed by atoms with Crippen LogP contribution in [0.1, 0.15) is 25.8 Å². The minimum absolute atomic E-state index is 0.485. The molecule has 0 aromatic heterocycles. The largest absolute Gasteiger partial charge is 0.375 e. The first-order valence-electron chi connectivity index (χ1n) is 5.71. The third kappa shape index (κ3) is 4.96. The van der Waals surface area contributed by atoms with Crippen molar-refractivity contribution in [3.63, 3.8) is 0 Å². The summed E-state index contributed by atoms with van der Waals surface area (Å²) in [4.78, 5) is 0. The molecule has 0 spiro atoms. The van der Waals surface area contributed by atoms with Crippen LogP contribution in [0.5, 0.6) is 0 Å². The second-order valence-electron chi connectivity index (χ2n) is 3.66. The Labute approximate surface area is 92.6 Å². The normalized spacial score (nSPS) is 12.7. The molecule has 0 aliphatic rings. The van der Waals surface area contributed by atoms with E-state index in [1.54, 1.807) is 0 Å². The van der Waals surface area contributed by atoms with Crippen molar-refractivity contribution in [2.75, 3.05) is 13.2 Å². The Hall–Kier alpha value is -0.860. The van der Waals surface area contributed by atoms with Crippen LogP contribution in [0.2, 0.25) is 0 Å². The zero-order valence-electron chi connectivity index (χ0n) is 9.70. The van der Waals surface area contributed by atoms with Gasteiger partial charge in [-0.2, -0.15) is 0 Å². The molecule has 0 amide bonds. The van der Waals surface area contributed by atoms with Crippen molar-refractivity contribution in [3.8, 4) is 0 Å². The average molecular weight is 207 g/mol. The van der Waals surface area contributed by atoms with E-state index in [0.717, 1.165) is 19.6 Å². The fraction of sp³-hybridized carbons (Fsp3) is 0.538.